The molecule has 1 heterocycles. The molecule has 2 N–H and O–H groups in total. The van der Waals surface area contributed by atoms with Gasteiger partial charge in [-0.25, -0.2) is 0 Å². The fourth-order valence-corrected chi connectivity index (χ4v) is 2.13. The first-order chi connectivity index (χ1) is 9.11. The van der Waals surface area contributed by atoms with Crippen LogP contribution >= 0.6 is 0 Å². The molecule has 4 nitrogen and oxygen atoms in total. The molecule has 0 saturated heterocycles. The van der Waals surface area contributed by atoms with Gasteiger partial charge in [0.05, 0.1) is 11.4 Å². The van der Waals surface area contributed by atoms with Crippen molar-refractivity contribution in [2.24, 2.45) is 5.73 Å². The predicted molar refractivity (Wildman–Crippen MR) is 76.0 cm³/mol. The third-order valence-corrected chi connectivity index (χ3v) is 3.07. The van der Waals surface area contributed by atoms with Gasteiger partial charge in [-0.15, -0.1) is 0 Å². The van der Waals surface area contributed by atoms with Gasteiger partial charge in [0, 0.05) is 18.2 Å². The van der Waals surface area contributed by atoms with E-state index >= 15 is 0 Å². The highest BCUT2D eigenvalue weighted by Gasteiger charge is 2.09. The molecule has 102 valence electrons. The average Bonchev–Trinajstić information content (AvgIpc) is 2.77. The largest absolute Gasteiger partial charge is 0.487 e. The lowest BCUT2D eigenvalue weighted by molar-refractivity contribution is 0.288. The van der Waals surface area contributed by atoms with Crippen molar-refractivity contribution in [1.82, 2.24) is 9.78 Å². The number of aryl methyl sites for hydroxylation is 2. The van der Waals surface area contributed by atoms with E-state index in [0.717, 1.165) is 29.2 Å². The molecular weight excluding hydrogens is 238 g/mol. The molecule has 1 atom stereocenters. The Morgan fingerprint density at radius 1 is 1.37 bits per heavy atom. The van der Waals surface area contributed by atoms with E-state index in [1.54, 1.807) is 0 Å². The molecule has 0 aliphatic rings. The Hall–Kier alpha value is -1.81. The van der Waals surface area contributed by atoms with Crippen LogP contribution in [-0.2, 0) is 13.2 Å². The molecular formula is C15H21N3O. The summed E-state index contributed by atoms with van der Waals surface area (Å²) in [5.41, 5.74) is 9.07. The number of hydrogen-bond acceptors (Lipinski definition) is 3. The zero-order valence-electron chi connectivity index (χ0n) is 11.8. The highest BCUT2D eigenvalue weighted by atomic mass is 16.5. The van der Waals surface area contributed by atoms with Gasteiger partial charge in [0.1, 0.15) is 12.4 Å². The molecule has 0 spiro atoms. The van der Waals surface area contributed by atoms with Crippen LogP contribution in [0.3, 0.4) is 0 Å². The van der Waals surface area contributed by atoms with Crippen LogP contribution in [0.2, 0.25) is 0 Å². The standard InChI is InChI=1S/C15H21N3O/c1-4-18-13(9-11(2)17-18)10-19-15-8-6-5-7-14(15)12(3)16/h5-9,12H,4,10,16H2,1-3H3/t12-/m1/s1. The van der Waals surface area contributed by atoms with E-state index in [2.05, 4.69) is 18.1 Å². The maximum absolute atomic E-state index is 5.95. The zero-order valence-corrected chi connectivity index (χ0v) is 11.8. The zero-order chi connectivity index (χ0) is 13.8. The van der Waals surface area contributed by atoms with Crippen LogP contribution in [0.5, 0.6) is 5.75 Å². The van der Waals surface area contributed by atoms with Gasteiger partial charge in [-0.2, -0.15) is 5.10 Å². The molecule has 0 fully saturated rings. The predicted octanol–water partition coefficient (Wildman–Crippen LogP) is 2.81. The van der Waals surface area contributed by atoms with Gasteiger partial charge in [0.2, 0.25) is 0 Å². The van der Waals surface area contributed by atoms with Gasteiger partial charge >= 0.3 is 0 Å². The lowest BCUT2D eigenvalue weighted by Crippen LogP contribution is -2.10. The molecule has 0 bridgehead atoms. The van der Waals surface area contributed by atoms with E-state index in [1.165, 1.54) is 0 Å². The second-order valence-electron chi connectivity index (χ2n) is 4.71. The monoisotopic (exact) mass is 259 g/mol. The molecule has 2 aromatic rings. The topological polar surface area (TPSA) is 53.1 Å². The molecule has 0 saturated carbocycles. The number of para-hydroxylation sites is 1. The average molecular weight is 259 g/mol. The van der Waals surface area contributed by atoms with Gasteiger partial charge in [0.15, 0.2) is 0 Å². The maximum atomic E-state index is 5.95. The highest BCUT2D eigenvalue weighted by Crippen LogP contribution is 2.24. The molecule has 1 aromatic heterocycles. The number of nitrogens with zero attached hydrogens (tertiary/aromatic N) is 2. The van der Waals surface area contributed by atoms with E-state index in [0.29, 0.717) is 6.61 Å². The quantitative estimate of drug-likeness (QED) is 0.898. The lowest BCUT2D eigenvalue weighted by Gasteiger charge is -2.14. The Morgan fingerprint density at radius 2 is 2.11 bits per heavy atom. The van der Waals surface area contributed by atoms with Crippen molar-refractivity contribution < 1.29 is 4.74 Å². The van der Waals surface area contributed by atoms with Crippen molar-refractivity contribution in [1.29, 1.82) is 0 Å². The van der Waals surface area contributed by atoms with Crippen molar-refractivity contribution in [3.63, 3.8) is 0 Å². The number of ether oxygens (including phenoxy) is 1. The van der Waals surface area contributed by atoms with Crippen molar-refractivity contribution in [2.45, 2.75) is 40.0 Å². The van der Waals surface area contributed by atoms with Crippen LogP contribution in [0, 0.1) is 6.92 Å². The first-order valence-electron chi connectivity index (χ1n) is 6.62. The van der Waals surface area contributed by atoms with Gasteiger partial charge in [-0.3, -0.25) is 4.68 Å². The first kappa shape index (κ1) is 13.6. The highest BCUT2D eigenvalue weighted by molar-refractivity contribution is 5.35. The molecule has 0 amide bonds. The smallest absolute Gasteiger partial charge is 0.130 e. The van der Waals surface area contributed by atoms with Crippen LogP contribution in [0.25, 0.3) is 0 Å². The molecule has 2 rings (SSSR count). The second kappa shape index (κ2) is 5.89. The van der Waals surface area contributed by atoms with Crippen molar-refractivity contribution in [3.05, 3.63) is 47.3 Å². The molecule has 1 aromatic carbocycles. The van der Waals surface area contributed by atoms with E-state index in [1.807, 2.05) is 42.8 Å². The number of hydrogen-bond donors (Lipinski definition) is 1. The summed E-state index contributed by atoms with van der Waals surface area (Å²) in [7, 11) is 0. The summed E-state index contributed by atoms with van der Waals surface area (Å²) in [5.74, 6) is 0.846. The second-order valence-corrected chi connectivity index (χ2v) is 4.71. The molecule has 0 aliphatic heterocycles. The minimum absolute atomic E-state index is 0.0333. The summed E-state index contributed by atoms with van der Waals surface area (Å²) in [6, 6.07) is 9.92. The fourth-order valence-electron chi connectivity index (χ4n) is 2.13. The molecule has 4 heteroatoms. The number of aromatic nitrogens is 2. The van der Waals surface area contributed by atoms with E-state index in [9.17, 15) is 0 Å². The van der Waals surface area contributed by atoms with Crippen LogP contribution in [0.1, 0.15) is 36.8 Å². The molecule has 0 unspecified atom stereocenters. The Bertz CT molecular complexity index is 546. The Labute approximate surface area is 114 Å². The first-order valence-corrected chi connectivity index (χ1v) is 6.62. The van der Waals surface area contributed by atoms with E-state index in [4.69, 9.17) is 10.5 Å². The lowest BCUT2D eigenvalue weighted by atomic mass is 10.1. The van der Waals surface area contributed by atoms with Crippen LogP contribution in [0.15, 0.2) is 30.3 Å². The summed E-state index contributed by atoms with van der Waals surface area (Å²) >= 11 is 0. The van der Waals surface area contributed by atoms with Crippen LogP contribution < -0.4 is 10.5 Å². The van der Waals surface area contributed by atoms with E-state index < -0.39 is 0 Å². The number of rotatable bonds is 5. The Balaban J connectivity index is 2.14. The van der Waals surface area contributed by atoms with Crippen molar-refractivity contribution in [3.8, 4) is 5.75 Å². The van der Waals surface area contributed by atoms with Gasteiger partial charge in [0.25, 0.3) is 0 Å². The van der Waals surface area contributed by atoms with E-state index in [-0.39, 0.29) is 6.04 Å². The summed E-state index contributed by atoms with van der Waals surface area (Å²) < 4.78 is 7.86. The van der Waals surface area contributed by atoms with Crippen LogP contribution in [-0.4, -0.2) is 9.78 Å². The third kappa shape index (κ3) is 3.15. The maximum Gasteiger partial charge on any atom is 0.130 e. The van der Waals surface area contributed by atoms with Gasteiger partial charge in [-0.05, 0) is 32.9 Å². The third-order valence-electron chi connectivity index (χ3n) is 3.07. The summed E-state index contributed by atoms with van der Waals surface area (Å²) in [5, 5.41) is 4.41. The fraction of sp³-hybridized carbons (Fsp3) is 0.400. The minimum atomic E-state index is -0.0333. The van der Waals surface area contributed by atoms with Crippen molar-refractivity contribution in [2.75, 3.05) is 0 Å². The number of nitrogens with two attached hydrogens (primary N) is 1. The summed E-state index contributed by atoms with van der Waals surface area (Å²) in [6.45, 7) is 7.39. The molecule has 19 heavy (non-hydrogen) atoms. The molecule has 0 radical (unpaired) electrons. The molecule has 0 aliphatic carbocycles. The van der Waals surface area contributed by atoms with Gasteiger partial charge < -0.3 is 10.5 Å². The number of benzene rings is 1. The Kier molecular flexibility index (Phi) is 4.22. The summed E-state index contributed by atoms with van der Waals surface area (Å²) in [6.07, 6.45) is 0. The Morgan fingerprint density at radius 3 is 2.79 bits per heavy atom. The minimum Gasteiger partial charge on any atom is -0.487 e. The van der Waals surface area contributed by atoms with Crippen molar-refractivity contribution >= 4 is 0 Å². The normalized spacial score (nSPS) is 12.4. The summed E-state index contributed by atoms with van der Waals surface area (Å²) in [4.78, 5) is 0. The SMILES string of the molecule is CCn1nc(C)cc1COc1ccccc1[C@@H](C)N. The van der Waals surface area contributed by atoms with Gasteiger partial charge in [-0.1, -0.05) is 18.2 Å². The van der Waals surface area contributed by atoms with Crippen LogP contribution in [0.4, 0.5) is 0 Å².